The van der Waals surface area contributed by atoms with Gasteiger partial charge in [-0.05, 0) is 19.1 Å². The number of amides is 1. The largest absolute Gasteiger partial charge is 0.457 e. The highest BCUT2D eigenvalue weighted by Gasteiger charge is 2.58. The molecule has 0 unspecified atom stereocenters. The number of esters is 1. The van der Waals surface area contributed by atoms with Gasteiger partial charge in [0, 0.05) is 25.4 Å². The molecule has 10 heteroatoms. The van der Waals surface area contributed by atoms with Gasteiger partial charge in [-0.3, -0.25) is 9.69 Å². The van der Waals surface area contributed by atoms with E-state index in [1.165, 1.54) is 22.7 Å². The Labute approximate surface area is 194 Å². The second-order valence-electron chi connectivity index (χ2n) is 8.11. The number of aryl methyl sites for hydroxylation is 1. The van der Waals surface area contributed by atoms with Crippen molar-refractivity contribution in [3.63, 3.8) is 0 Å². The summed E-state index contributed by atoms with van der Waals surface area (Å²) in [5.41, 5.74) is 2.36. The third-order valence-electron chi connectivity index (χ3n) is 5.96. The summed E-state index contributed by atoms with van der Waals surface area (Å²) in [4.78, 5) is 33.8. The van der Waals surface area contributed by atoms with E-state index in [1.54, 1.807) is 18.7 Å². The Morgan fingerprint density at radius 3 is 2.88 bits per heavy atom. The summed E-state index contributed by atoms with van der Waals surface area (Å²) >= 11 is 3.07. The molecule has 1 aromatic heterocycles. The third kappa shape index (κ3) is 3.32. The average Bonchev–Trinajstić information content (AvgIpc) is 3.23. The van der Waals surface area contributed by atoms with Gasteiger partial charge in [0.25, 0.3) is 0 Å². The van der Waals surface area contributed by atoms with E-state index >= 15 is 0 Å². The molecule has 0 bridgehead atoms. The van der Waals surface area contributed by atoms with E-state index in [0.29, 0.717) is 5.70 Å². The Morgan fingerprint density at radius 2 is 2.19 bits per heavy atom. The van der Waals surface area contributed by atoms with Crippen molar-refractivity contribution in [3.8, 4) is 0 Å². The van der Waals surface area contributed by atoms with Gasteiger partial charge in [0.15, 0.2) is 5.70 Å². The Kier molecular flexibility index (Phi) is 5.47. The number of aliphatic hydroxyl groups is 1. The lowest BCUT2D eigenvalue weighted by Crippen LogP contribution is -2.60. The molecule has 0 spiro atoms. The predicted octanol–water partition coefficient (Wildman–Crippen LogP) is 2.31. The Hall–Kier alpha value is -2.43. The first-order chi connectivity index (χ1) is 15.4. The van der Waals surface area contributed by atoms with E-state index in [1.807, 2.05) is 25.2 Å². The molecule has 0 radical (unpaired) electrons. The van der Waals surface area contributed by atoms with Crippen LogP contribution in [0, 0.1) is 5.92 Å². The van der Waals surface area contributed by atoms with Crippen molar-refractivity contribution >= 4 is 52.4 Å². The zero-order valence-corrected chi connectivity index (χ0v) is 19.4. The Balaban J connectivity index is 1.32. The van der Waals surface area contributed by atoms with Crippen LogP contribution < -0.4 is 4.90 Å². The summed E-state index contributed by atoms with van der Waals surface area (Å²) in [6.45, 7) is 6.86. The molecule has 2 saturated heterocycles. The summed E-state index contributed by atoms with van der Waals surface area (Å²) in [5.74, 6) is -0.326. The van der Waals surface area contributed by atoms with Crippen molar-refractivity contribution in [2.75, 3.05) is 24.6 Å². The number of imidazole rings is 1. The van der Waals surface area contributed by atoms with Gasteiger partial charge in [-0.15, -0.1) is 11.8 Å². The lowest BCUT2D eigenvalue weighted by molar-refractivity contribution is -0.157. The number of carbonyl (C=O) groups excluding carboxylic acids is 2. The number of hydrogen-bond acceptors (Lipinski definition) is 8. The molecule has 5 rings (SSSR count). The normalized spacial score (nSPS) is 23.8. The number of aliphatic hydroxyl groups excluding tert-OH is 1. The second-order valence-corrected chi connectivity index (χ2v) is 10.8. The number of β-lactam (4-membered cyclic amide) rings is 1. The van der Waals surface area contributed by atoms with E-state index in [-0.39, 0.29) is 23.1 Å². The third-order valence-corrected chi connectivity index (χ3v) is 8.73. The second kappa shape index (κ2) is 8.17. The summed E-state index contributed by atoms with van der Waals surface area (Å²) in [6, 6.07) is 8.05. The highest BCUT2D eigenvalue weighted by atomic mass is 32.2. The molecule has 1 amide bonds. The van der Waals surface area contributed by atoms with Gasteiger partial charge in [-0.25, -0.2) is 9.78 Å². The van der Waals surface area contributed by atoms with E-state index < -0.39 is 18.0 Å². The maximum atomic E-state index is 12.7. The molecular formula is C22H24N4O4S2. The number of para-hydroxylation sites is 2. The SMILES string of the molecule is C=CCOC(=O)C1=C(SC2CN(c3nc4ccccc4n3C)C2)S[C@@H]2[C@@H]([C@@H](C)O)C(=O)N12. The van der Waals surface area contributed by atoms with Crippen LogP contribution in [0.2, 0.25) is 0 Å². The highest BCUT2D eigenvalue weighted by Crippen LogP contribution is 2.55. The lowest BCUT2D eigenvalue weighted by atomic mass is 9.92. The maximum absolute atomic E-state index is 12.7. The number of carbonyl (C=O) groups is 2. The predicted molar refractivity (Wildman–Crippen MR) is 126 cm³/mol. The molecule has 168 valence electrons. The van der Waals surface area contributed by atoms with E-state index in [0.717, 1.165) is 34.3 Å². The molecule has 1 aromatic carbocycles. The zero-order chi connectivity index (χ0) is 22.6. The topological polar surface area (TPSA) is 87.9 Å². The number of fused-ring (bicyclic) bond motifs is 2. The van der Waals surface area contributed by atoms with Gasteiger partial charge in [0.2, 0.25) is 11.9 Å². The summed E-state index contributed by atoms with van der Waals surface area (Å²) in [7, 11) is 2.01. The number of rotatable bonds is 7. The van der Waals surface area contributed by atoms with Crippen LogP contribution in [0.1, 0.15) is 6.92 Å². The number of ether oxygens (including phenoxy) is 1. The molecule has 1 N–H and O–H groups in total. The molecule has 4 heterocycles. The zero-order valence-electron chi connectivity index (χ0n) is 17.8. The van der Waals surface area contributed by atoms with Crippen LogP contribution in [-0.2, 0) is 21.4 Å². The van der Waals surface area contributed by atoms with Crippen LogP contribution in [0.25, 0.3) is 11.0 Å². The van der Waals surface area contributed by atoms with Crippen LogP contribution in [0.5, 0.6) is 0 Å². The van der Waals surface area contributed by atoms with Gasteiger partial charge in [-0.2, -0.15) is 0 Å². The van der Waals surface area contributed by atoms with Crippen LogP contribution in [0.4, 0.5) is 5.95 Å². The highest BCUT2D eigenvalue weighted by molar-refractivity contribution is 8.23. The fourth-order valence-electron chi connectivity index (χ4n) is 4.27. The molecule has 32 heavy (non-hydrogen) atoms. The molecule has 0 aliphatic carbocycles. The van der Waals surface area contributed by atoms with Crippen LogP contribution >= 0.6 is 23.5 Å². The standard InChI is InChI=1S/C22H24N4O4S2/c1-4-9-30-20(29)17-21(32-19-16(12(2)27)18(28)26(17)19)31-13-10-25(11-13)22-23-14-7-5-6-8-15(14)24(22)3/h4-8,12-13,16,19,27H,1,9-11H2,2-3H3/t12-,16+,19-/m1/s1. The van der Waals surface area contributed by atoms with E-state index in [4.69, 9.17) is 9.72 Å². The van der Waals surface area contributed by atoms with Gasteiger partial charge < -0.3 is 19.3 Å². The fourth-order valence-corrected chi connectivity index (χ4v) is 7.62. The van der Waals surface area contributed by atoms with Crippen molar-refractivity contribution in [1.29, 1.82) is 0 Å². The van der Waals surface area contributed by atoms with Gasteiger partial charge >= 0.3 is 5.97 Å². The maximum Gasteiger partial charge on any atom is 0.357 e. The molecule has 2 aromatic rings. The monoisotopic (exact) mass is 472 g/mol. The number of benzene rings is 1. The van der Waals surface area contributed by atoms with Crippen molar-refractivity contribution in [3.05, 3.63) is 46.9 Å². The van der Waals surface area contributed by atoms with E-state index in [2.05, 4.69) is 22.1 Å². The van der Waals surface area contributed by atoms with Crippen molar-refractivity contribution in [2.24, 2.45) is 13.0 Å². The van der Waals surface area contributed by atoms with Crippen LogP contribution in [0.15, 0.2) is 46.9 Å². The molecule has 3 atom stereocenters. The molecule has 8 nitrogen and oxygen atoms in total. The number of anilines is 1. The van der Waals surface area contributed by atoms with E-state index in [9.17, 15) is 14.7 Å². The van der Waals surface area contributed by atoms with Gasteiger partial charge in [-0.1, -0.05) is 36.5 Å². The quantitative estimate of drug-likeness (QED) is 0.373. The lowest BCUT2D eigenvalue weighted by Gasteiger charge is -2.43. The van der Waals surface area contributed by atoms with Crippen molar-refractivity contribution in [1.82, 2.24) is 14.5 Å². The average molecular weight is 473 g/mol. The van der Waals surface area contributed by atoms with Crippen LogP contribution in [-0.4, -0.2) is 67.9 Å². The van der Waals surface area contributed by atoms with Gasteiger partial charge in [0.05, 0.1) is 27.3 Å². The minimum absolute atomic E-state index is 0.0847. The minimum Gasteiger partial charge on any atom is -0.457 e. The summed E-state index contributed by atoms with van der Waals surface area (Å²) < 4.78 is 8.13. The fraction of sp³-hybridized carbons (Fsp3) is 0.409. The Bertz CT molecular complexity index is 1140. The van der Waals surface area contributed by atoms with Crippen molar-refractivity contribution in [2.45, 2.75) is 23.7 Å². The molecule has 3 aliphatic rings. The molecule has 0 saturated carbocycles. The van der Waals surface area contributed by atoms with Crippen LogP contribution in [0.3, 0.4) is 0 Å². The number of thioether (sulfide) groups is 2. The molecule has 2 fully saturated rings. The number of nitrogens with zero attached hydrogens (tertiary/aromatic N) is 4. The number of aromatic nitrogens is 2. The van der Waals surface area contributed by atoms with Crippen molar-refractivity contribution < 1.29 is 19.4 Å². The smallest absolute Gasteiger partial charge is 0.357 e. The summed E-state index contributed by atoms with van der Waals surface area (Å²) in [6.07, 6.45) is 0.741. The Morgan fingerprint density at radius 1 is 1.44 bits per heavy atom. The minimum atomic E-state index is -0.761. The molecule has 3 aliphatic heterocycles. The molecular weight excluding hydrogens is 448 g/mol. The first-order valence-corrected chi connectivity index (χ1v) is 12.2. The van der Waals surface area contributed by atoms with Gasteiger partial charge in [0.1, 0.15) is 12.0 Å². The summed E-state index contributed by atoms with van der Waals surface area (Å²) in [5, 5.41) is 10.0. The number of hydrogen-bond donors (Lipinski definition) is 1. The first kappa shape index (κ1) is 21.4. The first-order valence-electron chi connectivity index (χ1n) is 10.4.